The number of nitrogens with two attached hydrogens (primary N) is 1. The summed E-state index contributed by atoms with van der Waals surface area (Å²) in [4.78, 5) is 3.73. The molecule has 1 aromatic rings. The van der Waals surface area contributed by atoms with Crippen molar-refractivity contribution in [2.75, 3.05) is 6.61 Å². The van der Waals surface area contributed by atoms with Crippen LogP contribution < -0.4 is 10.5 Å². The van der Waals surface area contributed by atoms with Crippen LogP contribution >= 0.6 is 0 Å². The van der Waals surface area contributed by atoms with Crippen molar-refractivity contribution in [3.63, 3.8) is 0 Å². The Bertz CT molecular complexity index is 603. The third-order valence-corrected chi connectivity index (χ3v) is 3.72. The molecule has 5 nitrogen and oxygen atoms in total. The molecule has 90 valence electrons. The Balaban J connectivity index is 2.11. The van der Waals surface area contributed by atoms with Crippen molar-refractivity contribution < 1.29 is 13.2 Å². The number of sulfone groups is 1. The molecule has 2 N–H and O–H groups in total. The molecule has 0 fully saturated rings. The molecule has 0 saturated carbocycles. The van der Waals surface area contributed by atoms with E-state index in [4.69, 9.17) is 10.5 Å². The van der Waals surface area contributed by atoms with Crippen LogP contribution in [0, 0.1) is 6.92 Å². The van der Waals surface area contributed by atoms with Crippen LogP contribution in [0.1, 0.15) is 5.56 Å². The molecule has 0 aliphatic carbocycles. The Morgan fingerprint density at radius 1 is 1.35 bits per heavy atom. The van der Waals surface area contributed by atoms with Crippen molar-refractivity contribution in [3.8, 4) is 5.75 Å². The van der Waals surface area contributed by atoms with Crippen LogP contribution in [0.5, 0.6) is 5.75 Å². The average Bonchev–Trinajstić information content (AvgIpc) is 2.50. The maximum Gasteiger partial charge on any atom is 0.220 e. The zero-order chi connectivity index (χ0) is 12.5. The first-order valence-electron chi connectivity index (χ1n) is 4.97. The minimum Gasteiger partial charge on any atom is -0.486 e. The molecule has 6 heteroatoms. The average molecular weight is 252 g/mol. The van der Waals surface area contributed by atoms with Crippen LogP contribution in [0.4, 0.5) is 0 Å². The van der Waals surface area contributed by atoms with Gasteiger partial charge in [0.05, 0.1) is 5.41 Å². The molecule has 1 aromatic carbocycles. The number of nitrogens with zero attached hydrogens (tertiary/aromatic N) is 1. The first-order valence-corrected chi connectivity index (χ1v) is 6.52. The van der Waals surface area contributed by atoms with E-state index in [1.165, 1.54) is 0 Å². The first-order chi connectivity index (χ1) is 7.99. The van der Waals surface area contributed by atoms with Gasteiger partial charge in [-0.2, -0.15) is 0 Å². The predicted octanol–water partition coefficient (Wildman–Crippen LogP) is 0.958. The van der Waals surface area contributed by atoms with E-state index in [1.807, 2.05) is 25.1 Å². The monoisotopic (exact) mass is 252 g/mol. The molecule has 0 amide bonds. The second-order valence-corrected chi connectivity index (χ2v) is 5.44. The van der Waals surface area contributed by atoms with Gasteiger partial charge in [-0.25, -0.2) is 13.4 Å². The van der Waals surface area contributed by atoms with Gasteiger partial charge < -0.3 is 10.5 Å². The van der Waals surface area contributed by atoms with Crippen molar-refractivity contribution in [2.45, 2.75) is 6.92 Å². The maximum atomic E-state index is 11.5. The molecule has 0 unspecified atom stereocenters. The highest BCUT2D eigenvalue weighted by Crippen LogP contribution is 2.18. The number of aliphatic imine (C=N–C) groups is 1. The largest absolute Gasteiger partial charge is 0.486 e. The zero-order valence-electron chi connectivity index (χ0n) is 9.25. The van der Waals surface area contributed by atoms with Crippen LogP contribution in [0.25, 0.3) is 0 Å². The van der Waals surface area contributed by atoms with Gasteiger partial charge in [0.2, 0.25) is 9.84 Å². The summed E-state index contributed by atoms with van der Waals surface area (Å²) in [6.07, 6.45) is 0. The quantitative estimate of drug-likeness (QED) is 0.868. The molecule has 17 heavy (non-hydrogen) atoms. The summed E-state index contributed by atoms with van der Waals surface area (Å²) in [5, 5.41) is 0.877. The molecular weight excluding hydrogens is 240 g/mol. The van der Waals surface area contributed by atoms with Gasteiger partial charge in [-0.15, -0.1) is 0 Å². The number of ether oxygens (including phenoxy) is 1. The molecule has 0 bridgehead atoms. The molecule has 1 heterocycles. The normalized spacial score (nSPS) is 17.5. The summed E-state index contributed by atoms with van der Waals surface area (Å²) in [7, 11) is -3.48. The summed E-state index contributed by atoms with van der Waals surface area (Å²) in [5.41, 5.74) is 6.27. The third-order valence-electron chi connectivity index (χ3n) is 2.30. The van der Waals surface area contributed by atoms with Gasteiger partial charge in [-0.3, -0.25) is 0 Å². The molecular formula is C11H12N2O3S. The molecule has 0 atom stereocenters. The fourth-order valence-corrected chi connectivity index (χ4v) is 2.40. The Kier molecular flexibility index (Phi) is 2.89. The Morgan fingerprint density at radius 3 is 2.65 bits per heavy atom. The molecule has 0 spiro atoms. The van der Waals surface area contributed by atoms with Crippen molar-refractivity contribution in [1.82, 2.24) is 0 Å². The fourth-order valence-electron chi connectivity index (χ4n) is 1.43. The van der Waals surface area contributed by atoms with Crippen LogP contribution in [-0.2, 0) is 9.84 Å². The van der Waals surface area contributed by atoms with Gasteiger partial charge in [0.1, 0.15) is 18.2 Å². The molecule has 0 saturated heterocycles. The van der Waals surface area contributed by atoms with Gasteiger partial charge in [0, 0.05) is 0 Å². The highest BCUT2D eigenvalue weighted by atomic mass is 32.2. The highest BCUT2D eigenvalue weighted by Gasteiger charge is 2.24. The molecule has 2 rings (SSSR count). The predicted molar refractivity (Wildman–Crippen MR) is 65.3 cm³/mol. The Morgan fingerprint density at radius 2 is 2.06 bits per heavy atom. The lowest BCUT2D eigenvalue weighted by Crippen LogP contribution is -2.18. The van der Waals surface area contributed by atoms with E-state index in [9.17, 15) is 8.42 Å². The lowest BCUT2D eigenvalue weighted by Gasteiger charge is -2.07. The third kappa shape index (κ3) is 2.47. The number of benzene rings is 1. The van der Waals surface area contributed by atoms with Crippen LogP contribution in [0.2, 0.25) is 0 Å². The molecule has 0 radical (unpaired) electrons. The maximum absolute atomic E-state index is 11.5. The van der Waals surface area contributed by atoms with Crippen molar-refractivity contribution in [3.05, 3.63) is 41.1 Å². The number of para-hydroxylation sites is 1. The van der Waals surface area contributed by atoms with Gasteiger partial charge >= 0.3 is 0 Å². The van der Waals surface area contributed by atoms with E-state index in [-0.39, 0.29) is 17.5 Å². The first kappa shape index (κ1) is 11.7. The van der Waals surface area contributed by atoms with E-state index in [0.717, 1.165) is 11.0 Å². The van der Waals surface area contributed by atoms with Crippen LogP contribution in [0.15, 0.2) is 40.5 Å². The number of hydrogen-bond donors (Lipinski definition) is 1. The van der Waals surface area contributed by atoms with E-state index in [0.29, 0.717) is 5.75 Å². The van der Waals surface area contributed by atoms with Crippen molar-refractivity contribution in [1.29, 1.82) is 0 Å². The number of aryl methyl sites for hydroxylation is 1. The van der Waals surface area contributed by atoms with E-state index in [1.54, 1.807) is 6.07 Å². The standard InChI is InChI=1S/C11H12N2O3S/c1-8-4-2-3-5-9(8)16-6-11-13-10(12)7-17(11,14)15/h2-5,7H,6,12H2,1H3. The summed E-state index contributed by atoms with van der Waals surface area (Å²) in [6.45, 7) is 1.78. The van der Waals surface area contributed by atoms with Gasteiger partial charge in [-0.1, -0.05) is 18.2 Å². The van der Waals surface area contributed by atoms with Crippen LogP contribution in [0.3, 0.4) is 0 Å². The summed E-state index contributed by atoms with van der Waals surface area (Å²) in [5.74, 6) is 0.629. The van der Waals surface area contributed by atoms with Gasteiger partial charge in [0.15, 0.2) is 5.04 Å². The molecule has 1 aliphatic heterocycles. The van der Waals surface area contributed by atoms with Crippen molar-refractivity contribution >= 4 is 14.9 Å². The minimum absolute atomic E-state index is 0.00613. The zero-order valence-corrected chi connectivity index (χ0v) is 10.1. The minimum atomic E-state index is -3.48. The lowest BCUT2D eigenvalue weighted by molar-refractivity contribution is 0.375. The van der Waals surface area contributed by atoms with E-state index < -0.39 is 9.84 Å². The van der Waals surface area contributed by atoms with Crippen LogP contribution in [-0.4, -0.2) is 20.1 Å². The van der Waals surface area contributed by atoms with Gasteiger partial charge in [0.25, 0.3) is 0 Å². The molecule has 0 aromatic heterocycles. The SMILES string of the molecule is Cc1ccccc1OCC1=NC(N)=CS1(=O)=O. The topological polar surface area (TPSA) is 81.8 Å². The Hall–Kier alpha value is -1.82. The fraction of sp³-hybridized carbons (Fsp3) is 0.182. The lowest BCUT2D eigenvalue weighted by atomic mass is 10.2. The van der Waals surface area contributed by atoms with Crippen molar-refractivity contribution in [2.24, 2.45) is 10.7 Å². The summed E-state index contributed by atoms with van der Waals surface area (Å²) >= 11 is 0. The van der Waals surface area contributed by atoms with E-state index >= 15 is 0 Å². The van der Waals surface area contributed by atoms with Gasteiger partial charge in [-0.05, 0) is 18.6 Å². The molecule has 1 aliphatic rings. The second-order valence-electron chi connectivity index (χ2n) is 3.65. The number of hydrogen-bond acceptors (Lipinski definition) is 5. The highest BCUT2D eigenvalue weighted by molar-refractivity contribution is 8.09. The summed E-state index contributed by atoms with van der Waals surface area (Å²) in [6, 6.07) is 7.35. The summed E-state index contributed by atoms with van der Waals surface area (Å²) < 4.78 is 28.4. The smallest absolute Gasteiger partial charge is 0.220 e. The second kappa shape index (κ2) is 4.21. The van der Waals surface area contributed by atoms with E-state index in [2.05, 4.69) is 4.99 Å². The Labute approximate surface area is 99.5 Å². The number of rotatable bonds is 3.